The number of hydrogen-bond acceptors (Lipinski definition) is 3. The van der Waals surface area contributed by atoms with Crippen molar-refractivity contribution >= 4 is 0 Å². The number of nitrogens with zero attached hydrogens (tertiary/aromatic N) is 1. The van der Waals surface area contributed by atoms with E-state index in [-0.39, 0.29) is 17.1 Å². The summed E-state index contributed by atoms with van der Waals surface area (Å²) in [5.74, 6) is 1.14. The van der Waals surface area contributed by atoms with Crippen molar-refractivity contribution in [3.05, 3.63) is 23.4 Å². The maximum atomic E-state index is 6.49. The summed E-state index contributed by atoms with van der Waals surface area (Å²) in [6.45, 7) is 8.96. The van der Waals surface area contributed by atoms with E-state index in [4.69, 9.17) is 10.5 Å². The fourth-order valence-corrected chi connectivity index (χ4v) is 3.51. The third-order valence-corrected chi connectivity index (χ3v) is 4.90. The van der Waals surface area contributed by atoms with Crippen LogP contribution in [0.3, 0.4) is 0 Å². The Balaban J connectivity index is 1.92. The highest BCUT2D eigenvalue weighted by Gasteiger charge is 2.50. The minimum atomic E-state index is -0.0367. The average Bonchev–Trinajstić information content (AvgIpc) is 2.30. The fourth-order valence-electron chi connectivity index (χ4n) is 3.51. The standard InChI is InChI=1S/C17H26N2O/c1-11-14(18)13-8-12(9-16(2,3)4)10-19-15(13)20-17(11)6-5-7-17/h8,10-11,14H,5-7,9,18H2,1-4H3. The largest absolute Gasteiger partial charge is 0.470 e. The van der Waals surface area contributed by atoms with Gasteiger partial charge in [-0.3, -0.25) is 0 Å². The molecule has 110 valence electrons. The van der Waals surface area contributed by atoms with Crippen molar-refractivity contribution in [1.82, 2.24) is 4.98 Å². The van der Waals surface area contributed by atoms with Gasteiger partial charge in [0.25, 0.3) is 0 Å². The summed E-state index contributed by atoms with van der Waals surface area (Å²) in [7, 11) is 0. The zero-order valence-electron chi connectivity index (χ0n) is 13.1. The molecule has 0 bridgehead atoms. The SMILES string of the molecule is CC1C(N)c2cc(CC(C)(C)C)cnc2OC12CCC2. The Labute approximate surface area is 121 Å². The van der Waals surface area contributed by atoms with Gasteiger partial charge in [-0.1, -0.05) is 27.7 Å². The van der Waals surface area contributed by atoms with E-state index in [1.807, 2.05) is 6.20 Å². The highest BCUT2D eigenvalue weighted by molar-refractivity contribution is 5.37. The lowest BCUT2D eigenvalue weighted by Gasteiger charge is -2.51. The normalized spacial score (nSPS) is 27.6. The van der Waals surface area contributed by atoms with Crippen LogP contribution in [0.25, 0.3) is 0 Å². The molecule has 3 rings (SSSR count). The van der Waals surface area contributed by atoms with E-state index < -0.39 is 0 Å². The van der Waals surface area contributed by atoms with Gasteiger partial charge in [-0.2, -0.15) is 0 Å². The van der Waals surface area contributed by atoms with Gasteiger partial charge in [-0.25, -0.2) is 4.98 Å². The van der Waals surface area contributed by atoms with Crippen LogP contribution in [-0.2, 0) is 6.42 Å². The van der Waals surface area contributed by atoms with Crippen LogP contribution in [0.5, 0.6) is 5.88 Å². The molecule has 2 atom stereocenters. The second-order valence-electron chi connectivity index (χ2n) is 7.81. The predicted molar refractivity (Wildman–Crippen MR) is 80.7 cm³/mol. The predicted octanol–water partition coefficient (Wildman–Crippen LogP) is 3.62. The van der Waals surface area contributed by atoms with Crippen LogP contribution in [-0.4, -0.2) is 10.6 Å². The molecule has 0 radical (unpaired) electrons. The summed E-state index contributed by atoms with van der Waals surface area (Å²) >= 11 is 0. The van der Waals surface area contributed by atoms with E-state index in [1.165, 1.54) is 12.0 Å². The second kappa shape index (κ2) is 4.45. The molecule has 2 heterocycles. The molecular weight excluding hydrogens is 248 g/mol. The molecule has 1 spiro atoms. The molecule has 2 aliphatic rings. The summed E-state index contributed by atoms with van der Waals surface area (Å²) < 4.78 is 6.23. The topological polar surface area (TPSA) is 48.1 Å². The Morgan fingerprint density at radius 2 is 2.10 bits per heavy atom. The van der Waals surface area contributed by atoms with Crippen LogP contribution in [0.2, 0.25) is 0 Å². The van der Waals surface area contributed by atoms with Gasteiger partial charge < -0.3 is 10.5 Å². The number of rotatable bonds is 1. The Bertz CT molecular complexity index is 514. The highest BCUT2D eigenvalue weighted by atomic mass is 16.5. The van der Waals surface area contributed by atoms with E-state index in [0.29, 0.717) is 5.92 Å². The lowest BCUT2D eigenvalue weighted by Crippen LogP contribution is -2.55. The molecule has 3 nitrogen and oxygen atoms in total. The molecule has 1 aromatic rings. The molecule has 1 fully saturated rings. The van der Waals surface area contributed by atoms with E-state index >= 15 is 0 Å². The third kappa shape index (κ3) is 2.22. The highest BCUT2D eigenvalue weighted by Crippen LogP contribution is 2.51. The van der Waals surface area contributed by atoms with Crippen molar-refractivity contribution in [2.45, 2.75) is 65.0 Å². The molecule has 0 saturated heterocycles. The van der Waals surface area contributed by atoms with Crippen LogP contribution in [0.15, 0.2) is 12.3 Å². The van der Waals surface area contributed by atoms with E-state index in [0.717, 1.165) is 30.7 Å². The van der Waals surface area contributed by atoms with Gasteiger partial charge in [0.15, 0.2) is 0 Å². The van der Waals surface area contributed by atoms with Gasteiger partial charge in [0.2, 0.25) is 5.88 Å². The molecule has 2 N–H and O–H groups in total. The van der Waals surface area contributed by atoms with Crippen molar-refractivity contribution in [2.24, 2.45) is 17.1 Å². The van der Waals surface area contributed by atoms with Gasteiger partial charge in [-0.05, 0) is 42.7 Å². The molecular formula is C17H26N2O. The van der Waals surface area contributed by atoms with Gasteiger partial charge in [-0.15, -0.1) is 0 Å². The zero-order chi connectivity index (χ0) is 14.5. The van der Waals surface area contributed by atoms with Gasteiger partial charge in [0.1, 0.15) is 5.60 Å². The zero-order valence-corrected chi connectivity index (χ0v) is 13.1. The first-order valence-electron chi connectivity index (χ1n) is 7.74. The molecule has 20 heavy (non-hydrogen) atoms. The van der Waals surface area contributed by atoms with Crippen molar-refractivity contribution in [2.75, 3.05) is 0 Å². The van der Waals surface area contributed by atoms with E-state index in [1.54, 1.807) is 0 Å². The van der Waals surface area contributed by atoms with Gasteiger partial charge in [0, 0.05) is 23.7 Å². The number of ether oxygens (including phenoxy) is 1. The van der Waals surface area contributed by atoms with E-state index in [2.05, 4.69) is 38.7 Å². The second-order valence-corrected chi connectivity index (χ2v) is 7.81. The monoisotopic (exact) mass is 274 g/mol. The first-order valence-corrected chi connectivity index (χ1v) is 7.74. The molecule has 1 aliphatic carbocycles. The maximum absolute atomic E-state index is 6.49. The summed E-state index contributed by atoms with van der Waals surface area (Å²) in [5.41, 5.74) is 9.06. The lowest BCUT2D eigenvalue weighted by molar-refractivity contribution is -0.0790. The van der Waals surface area contributed by atoms with Crippen molar-refractivity contribution in [3.63, 3.8) is 0 Å². The van der Waals surface area contributed by atoms with Gasteiger partial charge in [0.05, 0.1) is 0 Å². The average molecular weight is 274 g/mol. The van der Waals surface area contributed by atoms with Crippen LogP contribution in [0, 0.1) is 11.3 Å². The minimum Gasteiger partial charge on any atom is -0.470 e. The van der Waals surface area contributed by atoms with Crippen LogP contribution >= 0.6 is 0 Å². The third-order valence-electron chi connectivity index (χ3n) is 4.90. The number of pyridine rings is 1. The molecule has 3 heteroatoms. The lowest BCUT2D eigenvalue weighted by atomic mass is 9.66. The van der Waals surface area contributed by atoms with Crippen molar-refractivity contribution in [1.29, 1.82) is 0 Å². The first-order chi connectivity index (χ1) is 9.31. The summed E-state index contributed by atoms with van der Waals surface area (Å²) in [4.78, 5) is 4.56. The van der Waals surface area contributed by atoms with E-state index in [9.17, 15) is 0 Å². The van der Waals surface area contributed by atoms with Crippen LogP contribution in [0.1, 0.15) is 64.1 Å². The smallest absolute Gasteiger partial charge is 0.218 e. The molecule has 0 amide bonds. The summed E-state index contributed by atoms with van der Waals surface area (Å²) in [6, 6.07) is 2.26. The summed E-state index contributed by atoms with van der Waals surface area (Å²) in [6.07, 6.45) is 6.45. The number of fused-ring (bicyclic) bond motifs is 1. The summed E-state index contributed by atoms with van der Waals surface area (Å²) in [5, 5.41) is 0. The molecule has 1 saturated carbocycles. The minimum absolute atomic E-state index is 0.0367. The van der Waals surface area contributed by atoms with Crippen LogP contribution < -0.4 is 10.5 Å². The Morgan fingerprint density at radius 3 is 2.65 bits per heavy atom. The Morgan fingerprint density at radius 1 is 1.40 bits per heavy atom. The van der Waals surface area contributed by atoms with Crippen LogP contribution in [0.4, 0.5) is 0 Å². The first kappa shape index (κ1) is 13.9. The number of aromatic nitrogens is 1. The number of nitrogens with two attached hydrogens (primary N) is 1. The molecule has 2 unspecified atom stereocenters. The molecule has 1 aromatic heterocycles. The Hall–Kier alpha value is -1.09. The van der Waals surface area contributed by atoms with Crippen molar-refractivity contribution in [3.8, 4) is 5.88 Å². The maximum Gasteiger partial charge on any atom is 0.218 e. The molecule has 1 aliphatic heterocycles. The van der Waals surface area contributed by atoms with Gasteiger partial charge >= 0.3 is 0 Å². The molecule has 0 aromatic carbocycles. The van der Waals surface area contributed by atoms with Crippen molar-refractivity contribution < 1.29 is 4.74 Å². The fraction of sp³-hybridized carbons (Fsp3) is 0.706. The Kier molecular flexibility index (Phi) is 3.09. The number of hydrogen-bond donors (Lipinski definition) is 1. The quantitative estimate of drug-likeness (QED) is 0.851.